The van der Waals surface area contributed by atoms with Gasteiger partial charge in [-0.2, -0.15) is 10.4 Å². The van der Waals surface area contributed by atoms with Gasteiger partial charge in [-0.3, -0.25) is 9.48 Å². The van der Waals surface area contributed by atoms with E-state index in [9.17, 15) is 14.4 Å². The lowest BCUT2D eigenvalue weighted by atomic mass is 9.77. The molecule has 0 saturated heterocycles. The van der Waals surface area contributed by atoms with Gasteiger partial charge in [0.2, 0.25) is 0 Å². The molecular weight excluding hydrogens is 493 g/mol. The molecule has 212 valence electrons. The van der Waals surface area contributed by atoms with Crippen molar-refractivity contribution in [1.29, 1.82) is 5.26 Å². The Morgan fingerprint density at radius 2 is 1.59 bits per heavy atom. The molecule has 3 aliphatic rings. The van der Waals surface area contributed by atoms with E-state index in [1.807, 2.05) is 0 Å². The van der Waals surface area contributed by atoms with Crippen LogP contribution in [0.4, 0.5) is 15.9 Å². The number of carbonyl (C=O) groups is 1. The zero-order valence-corrected chi connectivity index (χ0v) is 23.0. The summed E-state index contributed by atoms with van der Waals surface area (Å²) in [7, 11) is 0. The molecule has 8 nitrogen and oxygen atoms in total. The van der Waals surface area contributed by atoms with Gasteiger partial charge >= 0.3 is 0 Å². The number of hydrogen-bond acceptors (Lipinski definition) is 6. The van der Waals surface area contributed by atoms with Crippen LogP contribution >= 0.6 is 0 Å². The lowest BCUT2D eigenvalue weighted by molar-refractivity contribution is 0.1000. The molecule has 0 spiro atoms. The Hall–Kier alpha value is -2.96. The fourth-order valence-corrected chi connectivity index (χ4v) is 6.25. The summed E-state index contributed by atoms with van der Waals surface area (Å²) in [5.41, 5.74) is 11.6. The maximum Gasteiger partial charge on any atom is 0.254 e. The number of rotatable bonds is 7. The van der Waals surface area contributed by atoms with Gasteiger partial charge in [0.25, 0.3) is 5.91 Å². The highest BCUT2D eigenvalue weighted by Crippen LogP contribution is 2.39. The lowest BCUT2D eigenvalue weighted by Crippen LogP contribution is -2.46. The Kier molecular flexibility index (Phi) is 10.4. The molecule has 3 aliphatic carbocycles. The van der Waals surface area contributed by atoms with E-state index >= 15 is 0 Å². The van der Waals surface area contributed by atoms with E-state index in [0.29, 0.717) is 36.1 Å². The molecule has 1 heterocycles. The number of aromatic nitrogens is 2. The normalized spacial score (nSPS) is 24.3. The SMILES string of the molecule is N#CCC1(n2cc(C(N)=O)c(Nc3ccc(F)cc3)n2)CCC(NC2CCCCC2)CC1.NC1CCCCC1. The van der Waals surface area contributed by atoms with E-state index in [1.54, 1.807) is 23.0 Å². The number of nitrogens with two attached hydrogens (primary N) is 2. The highest BCUT2D eigenvalue weighted by Gasteiger charge is 2.39. The molecule has 3 saturated carbocycles. The van der Waals surface area contributed by atoms with Crippen LogP contribution in [-0.2, 0) is 5.54 Å². The summed E-state index contributed by atoms with van der Waals surface area (Å²) in [5, 5.41) is 21.1. The van der Waals surface area contributed by atoms with Crippen molar-refractivity contribution in [1.82, 2.24) is 15.1 Å². The van der Waals surface area contributed by atoms with Crippen molar-refractivity contribution in [2.45, 2.75) is 120 Å². The second kappa shape index (κ2) is 13.9. The van der Waals surface area contributed by atoms with Crippen molar-refractivity contribution in [2.75, 3.05) is 5.32 Å². The number of anilines is 2. The molecule has 0 bridgehead atoms. The summed E-state index contributed by atoms with van der Waals surface area (Å²) in [6.45, 7) is 0. The number of nitriles is 1. The van der Waals surface area contributed by atoms with Crippen LogP contribution in [0.3, 0.4) is 0 Å². The first kappa shape index (κ1) is 29.0. The predicted octanol–water partition coefficient (Wildman–Crippen LogP) is 5.62. The third-order valence-electron chi connectivity index (χ3n) is 8.62. The minimum Gasteiger partial charge on any atom is -0.365 e. The van der Waals surface area contributed by atoms with Crippen LogP contribution < -0.4 is 22.1 Å². The van der Waals surface area contributed by atoms with E-state index in [-0.39, 0.29) is 11.4 Å². The van der Waals surface area contributed by atoms with Gasteiger partial charge in [-0.25, -0.2) is 4.39 Å². The van der Waals surface area contributed by atoms with Crippen molar-refractivity contribution in [3.63, 3.8) is 0 Å². The van der Waals surface area contributed by atoms with Crippen LogP contribution in [0.2, 0.25) is 0 Å². The third-order valence-corrected chi connectivity index (χ3v) is 8.62. The number of benzene rings is 1. The molecule has 0 atom stereocenters. The Morgan fingerprint density at radius 1 is 1.00 bits per heavy atom. The van der Waals surface area contributed by atoms with E-state index in [0.717, 1.165) is 25.7 Å². The minimum atomic E-state index is -0.597. The molecular formula is C30H44FN7O. The average Bonchev–Trinajstić information content (AvgIpc) is 3.38. The topological polar surface area (TPSA) is 135 Å². The standard InChI is InChI=1S/C24H31FN6O.C6H13N/c25-17-6-8-19(9-7-17)29-23-21(22(27)32)16-31(30-23)24(14-15-26)12-10-20(11-13-24)28-18-4-2-1-3-5-18;7-6-4-2-1-3-5-6/h6-9,16,18,20,28H,1-5,10-14H2,(H2,27,32)(H,29,30);6H,1-5,7H2. The number of amides is 1. The van der Waals surface area contributed by atoms with Gasteiger partial charge in [0.1, 0.15) is 11.4 Å². The smallest absolute Gasteiger partial charge is 0.254 e. The number of nitrogens with one attached hydrogen (secondary N) is 2. The van der Waals surface area contributed by atoms with Crippen molar-refractivity contribution in [3.05, 3.63) is 41.8 Å². The van der Waals surface area contributed by atoms with Crippen LogP contribution in [0, 0.1) is 17.1 Å². The second-order valence-corrected chi connectivity index (χ2v) is 11.6. The van der Waals surface area contributed by atoms with Crippen molar-refractivity contribution in [3.8, 4) is 6.07 Å². The van der Waals surface area contributed by atoms with Crippen molar-refractivity contribution >= 4 is 17.4 Å². The van der Waals surface area contributed by atoms with Gasteiger partial charge < -0.3 is 22.1 Å². The zero-order chi connectivity index (χ0) is 27.7. The van der Waals surface area contributed by atoms with Crippen LogP contribution in [0.15, 0.2) is 30.5 Å². The Balaban J connectivity index is 0.000000438. The van der Waals surface area contributed by atoms with Gasteiger partial charge in [0.05, 0.1) is 18.0 Å². The molecule has 0 radical (unpaired) electrons. The molecule has 2 aromatic rings. The maximum atomic E-state index is 13.2. The van der Waals surface area contributed by atoms with E-state index in [4.69, 9.17) is 11.5 Å². The van der Waals surface area contributed by atoms with E-state index in [1.165, 1.54) is 76.3 Å². The number of nitrogens with zero attached hydrogens (tertiary/aromatic N) is 3. The highest BCUT2D eigenvalue weighted by molar-refractivity contribution is 5.98. The fourth-order valence-electron chi connectivity index (χ4n) is 6.25. The summed E-state index contributed by atoms with van der Waals surface area (Å²) in [4.78, 5) is 12.1. The van der Waals surface area contributed by atoms with Gasteiger partial charge in [-0.15, -0.1) is 0 Å². The summed E-state index contributed by atoms with van der Waals surface area (Å²) in [5.74, 6) is -0.618. The fraction of sp³-hybridized carbons (Fsp3) is 0.633. The minimum absolute atomic E-state index is 0.258. The summed E-state index contributed by atoms with van der Waals surface area (Å²) >= 11 is 0. The van der Waals surface area contributed by atoms with Gasteiger partial charge in [-0.05, 0) is 75.6 Å². The highest BCUT2D eigenvalue weighted by atomic mass is 19.1. The molecule has 39 heavy (non-hydrogen) atoms. The Bertz CT molecular complexity index is 1090. The maximum absolute atomic E-state index is 13.2. The molecule has 0 aliphatic heterocycles. The summed E-state index contributed by atoms with van der Waals surface area (Å²) in [6.07, 6.45) is 18.6. The first-order chi connectivity index (χ1) is 18.9. The zero-order valence-electron chi connectivity index (χ0n) is 23.0. The van der Waals surface area contributed by atoms with Crippen LogP contribution in [-0.4, -0.2) is 33.8 Å². The van der Waals surface area contributed by atoms with Crippen molar-refractivity contribution in [2.24, 2.45) is 11.5 Å². The van der Waals surface area contributed by atoms with Gasteiger partial charge in [-0.1, -0.05) is 38.5 Å². The summed E-state index contributed by atoms with van der Waals surface area (Å²) in [6, 6.07) is 9.74. The summed E-state index contributed by atoms with van der Waals surface area (Å²) < 4.78 is 15.0. The lowest BCUT2D eigenvalue weighted by Gasteiger charge is -2.40. The van der Waals surface area contributed by atoms with Crippen LogP contribution in [0.5, 0.6) is 0 Å². The second-order valence-electron chi connectivity index (χ2n) is 11.6. The van der Waals surface area contributed by atoms with Crippen molar-refractivity contribution < 1.29 is 9.18 Å². The van der Waals surface area contributed by atoms with Crippen LogP contribution in [0.25, 0.3) is 0 Å². The molecule has 1 amide bonds. The van der Waals surface area contributed by atoms with Gasteiger partial charge in [0, 0.05) is 30.0 Å². The molecule has 3 fully saturated rings. The molecule has 9 heteroatoms. The number of halogens is 1. The van der Waals surface area contributed by atoms with Crippen LogP contribution in [0.1, 0.15) is 107 Å². The monoisotopic (exact) mass is 537 g/mol. The molecule has 0 unspecified atom stereocenters. The number of hydrogen-bond donors (Lipinski definition) is 4. The molecule has 1 aromatic heterocycles. The largest absolute Gasteiger partial charge is 0.365 e. The quantitative estimate of drug-likeness (QED) is 0.362. The van der Waals surface area contributed by atoms with Gasteiger partial charge in [0.15, 0.2) is 5.82 Å². The average molecular weight is 538 g/mol. The molecule has 5 rings (SSSR count). The Labute approximate surface area is 231 Å². The first-order valence-corrected chi connectivity index (χ1v) is 14.7. The first-order valence-electron chi connectivity index (χ1n) is 14.7. The Morgan fingerprint density at radius 3 is 2.13 bits per heavy atom. The number of carbonyl (C=O) groups excluding carboxylic acids is 1. The number of primary amides is 1. The molecule has 6 N–H and O–H groups in total. The van der Waals surface area contributed by atoms with E-state index < -0.39 is 11.4 Å². The predicted molar refractivity (Wildman–Crippen MR) is 152 cm³/mol. The third kappa shape index (κ3) is 8.02. The van der Waals surface area contributed by atoms with E-state index in [2.05, 4.69) is 21.8 Å². The molecule has 1 aromatic carbocycles.